The number of carbonyl (C=O) groups excluding carboxylic acids is 1. The highest BCUT2D eigenvalue weighted by Crippen LogP contribution is 2.24. The van der Waals surface area contributed by atoms with Gasteiger partial charge in [0.2, 0.25) is 5.91 Å². The highest BCUT2D eigenvalue weighted by Gasteiger charge is 2.25. The molecule has 1 amide bonds. The quantitative estimate of drug-likeness (QED) is 0.826. The van der Waals surface area contributed by atoms with Gasteiger partial charge in [0, 0.05) is 10.8 Å². The molecule has 0 radical (unpaired) electrons. The lowest BCUT2D eigenvalue weighted by Crippen LogP contribution is -2.39. The minimum atomic E-state index is -1.08. The van der Waals surface area contributed by atoms with E-state index in [0.717, 1.165) is 4.88 Å². The van der Waals surface area contributed by atoms with Crippen molar-refractivity contribution < 1.29 is 9.90 Å². The van der Waals surface area contributed by atoms with Gasteiger partial charge in [-0.25, -0.2) is 4.68 Å². The molecule has 0 spiro atoms. The number of aliphatic hydroxyl groups is 1. The van der Waals surface area contributed by atoms with E-state index < -0.39 is 5.60 Å². The average molecular weight is 309 g/mol. The molecule has 0 aliphatic rings. The van der Waals surface area contributed by atoms with E-state index in [1.54, 1.807) is 6.92 Å². The van der Waals surface area contributed by atoms with Crippen LogP contribution in [0.15, 0.2) is 17.5 Å². The third-order valence-electron chi connectivity index (χ3n) is 3.05. The van der Waals surface area contributed by atoms with Gasteiger partial charge in [-0.3, -0.25) is 4.79 Å². The van der Waals surface area contributed by atoms with Crippen molar-refractivity contribution in [3.05, 3.63) is 28.2 Å². The first-order valence-corrected chi connectivity index (χ1v) is 7.57. The molecule has 7 nitrogen and oxygen atoms in total. The molecule has 2 N–H and O–H groups in total. The molecule has 2 aromatic rings. The number of aromatic nitrogens is 4. The predicted octanol–water partition coefficient (Wildman–Crippen LogP) is 0.882. The van der Waals surface area contributed by atoms with E-state index in [1.165, 1.54) is 16.0 Å². The minimum Gasteiger partial charge on any atom is -0.383 e. The smallest absolute Gasteiger partial charge is 0.241 e. The third kappa shape index (κ3) is 3.85. The van der Waals surface area contributed by atoms with Crippen LogP contribution in [0, 0.1) is 0 Å². The lowest BCUT2D eigenvalue weighted by atomic mass is 10.1. The van der Waals surface area contributed by atoms with E-state index in [1.807, 2.05) is 31.4 Å². The lowest BCUT2D eigenvalue weighted by Gasteiger charge is -2.22. The number of nitrogens with one attached hydrogen (secondary N) is 1. The number of nitrogens with zero attached hydrogens (tertiary/aromatic N) is 4. The highest BCUT2D eigenvalue weighted by atomic mass is 32.1. The monoisotopic (exact) mass is 309 g/mol. The Hall–Kier alpha value is -1.80. The van der Waals surface area contributed by atoms with Crippen LogP contribution in [0.4, 0.5) is 0 Å². The van der Waals surface area contributed by atoms with Crippen LogP contribution >= 0.6 is 11.3 Å². The fraction of sp³-hybridized carbons (Fsp3) is 0.538. The Morgan fingerprint density at radius 3 is 2.95 bits per heavy atom. The maximum absolute atomic E-state index is 12.0. The summed E-state index contributed by atoms with van der Waals surface area (Å²) in [6, 6.07) is 3.71. The van der Waals surface area contributed by atoms with Gasteiger partial charge in [-0.15, -0.1) is 16.4 Å². The van der Waals surface area contributed by atoms with E-state index in [2.05, 4.69) is 20.8 Å². The van der Waals surface area contributed by atoms with Crippen LogP contribution < -0.4 is 5.32 Å². The van der Waals surface area contributed by atoms with Crippen molar-refractivity contribution in [1.29, 1.82) is 0 Å². The van der Waals surface area contributed by atoms with Crippen molar-refractivity contribution in [3.8, 4) is 0 Å². The molecular weight excluding hydrogens is 290 g/mol. The summed E-state index contributed by atoms with van der Waals surface area (Å²) in [6.07, 6.45) is 0. The summed E-state index contributed by atoms with van der Waals surface area (Å²) in [5.74, 6) is 0.568. The van der Waals surface area contributed by atoms with Gasteiger partial charge < -0.3 is 10.4 Å². The molecule has 1 atom stereocenters. The molecule has 0 aromatic carbocycles. The van der Waals surface area contributed by atoms with Gasteiger partial charge in [0.05, 0.1) is 6.54 Å². The Morgan fingerprint density at radius 2 is 2.33 bits per heavy atom. The van der Waals surface area contributed by atoms with Crippen LogP contribution in [0.25, 0.3) is 0 Å². The molecular formula is C13H19N5O2S. The number of thiophene rings is 1. The maximum Gasteiger partial charge on any atom is 0.241 e. The van der Waals surface area contributed by atoms with Gasteiger partial charge in [-0.05, 0) is 28.8 Å². The van der Waals surface area contributed by atoms with Crippen LogP contribution in [0.5, 0.6) is 0 Å². The largest absolute Gasteiger partial charge is 0.383 e. The van der Waals surface area contributed by atoms with Crippen LogP contribution in [0.1, 0.15) is 37.4 Å². The fourth-order valence-electron chi connectivity index (χ4n) is 1.87. The van der Waals surface area contributed by atoms with Crippen molar-refractivity contribution in [2.24, 2.45) is 0 Å². The number of carbonyl (C=O) groups is 1. The molecule has 0 aliphatic heterocycles. The molecule has 0 fully saturated rings. The van der Waals surface area contributed by atoms with Crippen molar-refractivity contribution >= 4 is 17.2 Å². The summed E-state index contributed by atoms with van der Waals surface area (Å²) in [4.78, 5) is 12.8. The van der Waals surface area contributed by atoms with Gasteiger partial charge in [0.1, 0.15) is 12.1 Å². The first kappa shape index (κ1) is 15.6. The Bertz CT molecular complexity index is 591. The van der Waals surface area contributed by atoms with Gasteiger partial charge >= 0.3 is 0 Å². The fourth-order valence-corrected chi connectivity index (χ4v) is 2.66. The molecule has 8 heteroatoms. The maximum atomic E-state index is 12.0. The van der Waals surface area contributed by atoms with Crippen LogP contribution in [-0.2, 0) is 16.9 Å². The zero-order valence-electron chi connectivity index (χ0n) is 12.3. The summed E-state index contributed by atoms with van der Waals surface area (Å²) in [5, 5.41) is 26.2. The summed E-state index contributed by atoms with van der Waals surface area (Å²) >= 11 is 1.45. The van der Waals surface area contributed by atoms with E-state index in [-0.39, 0.29) is 24.9 Å². The molecule has 1 unspecified atom stereocenters. The Balaban J connectivity index is 1.92. The summed E-state index contributed by atoms with van der Waals surface area (Å²) in [6.45, 7) is 5.78. The first-order chi connectivity index (χ1) is 9.90. The second-order valence-corrected chi connectivity index (χ2v) is 6.33. The first-order valence-electron chi connectivity index (χ1n) is 6.69. The van der Waals surface area contributed by atoms with E-state index in [4.69, 9.17) is 0 Å². The lowest BCUT2D eigenvalue weighted by molar-refractivity contribution is -0.123. The number of tetrazole rings is 1. The average Bonchev–Trinajstić information content (AvgIpc) is 3.07. The standard InChI is InChI=1S/C13H19N5O2S/c1-9(2)12-15-16-17-18(12)7-11(19)14-8-13(3,20)10-5-4-6-21-10/h4-6,9,20H,7-8H2,1-3H3,(H,14,19). The molecule has 0 saturated heterocycles. The third-order valence-corrected chi connectivity index (χ3v) is 4.17. The Kier molecular flexibility index (Phi) is 4.69. The molecule has 2 heterocycles. The zero-order chi connectivity index (χ0) is 15.5. The van der Waals surface area contributed by atoms with Crippen molar-refractivity contribution in [2.45, 2.75) is 38.8 Å². The van der Waals surface area contributed by atoms with E-state index in [0.29, 0.717) is 5.82 Å². The van der Waals surface area contributed by atoms with E-state index in [9.17, 15) is 9.90 Å². The summed E-state index contributed by atoms with van der Waals surface area (Å²) in [5.41, 5.74) is -1.08. The highest BCUT2D eigenvalue weighted by molar-refractivity contribution is 7.10. The minimum absolute atomic E-state index is 0.0427. The molecule has 0 saturated carbocycles. The van der Waals surface area contributed by atoms with Crippen LogP contribution in [0.2, 0.25) is 0 Å². The molecule has 2 rings (SSSR count). The zero-order valence-corrected chi connectivity index (χ0v) is 13.1. The molecule has 114 valence electrons. The number of hydrogen-bond donors (Lipinski definition) is 2. The Labute approximate surface area is 127 Å². The molecule has 0 aliphatic carbocycles. The molecule has 21 heavy (non-hydrogen) atoms. The molecule has 2 aromatic heterocycles. The van der Waals surface area contributed by atoms with Gasteiger partial charge in [0.25, 0.3) is 0 Å². The SMILES string of the molecule is CC(C)c1nnnn1CC(=O)NCC(C)(O)c1cccs1. The summed E-state index contributed by atoms with van der Waals surface area (Å²) < 4.78 is 1.47. The number of amides is 1. The van der Waals surface area contributed by atoms with Crippen LogP contribution in [0.3, 0.4) is 0 Å². The van der Waals surface area contributed by atoms with Crippen molar-refractivity contribution in [2.75, 3.05) is 6.54 Å². The topological polar surface area (TPSA) is 92.9 Å². The number of hydrogen-bond acceptors (Lipinski definition) is 6. The molecule has 0 bridgehead atoms. The predicted molar refractivity (Wildman–Crippen MR) is 78.8 cm³/mol. The Morgan fingerprint density at radius 1 is 1.57 bits per heavy atom. The van der Waals surface area contributed by atoms with Gasteiger partial charge in [0.15, 0.2) is 5.82 Å². The second kappa shape index (κ2) is 6.31. The second-order valence-electron chi connectivity index (χ2n) is 5.38. The van der Waals surface area contributed by atoms with Crippen molar-refractivity contribution in [1.82, 2.24) is 25.5 Å². The van der Waals surface area contributed by atoms with Crippen molar-refractivity contribution in [3.63, 3.8) is 0 Å². The number of rotatable bonds is 6. The van der Waals surface area contributed by atoms with E-state index >= 15 is 0 Å². The normalized spacial score (nSPS) is 14.1. The van der Waals surface area contributed by atoms with Crippen LogP contribution in [-0.4, -0.2) is 37.8 Å². The van der Waals surface area contributed by atoms with Gasteiger partial charge in [-0.2, -0.15) is 0 Å². The van der Waals surface area contributed by atoms with Gasteiger partial charge in [-0.1, -0.05) is 19.9 Å². The summed E-state index contributed by atoms with van der Waals surface area (Å²) in [7, 11) is 0.